The van der Waals surface area contributed by atoms with Crippen molar-refractivity contribution in [3.8, 4) is 0 Å². The average molecular weight is 301 g/mol. The Labute approximate surface area is 128 Å². The third-order valence-corrected chi connectivity index (χ3v) is 5.85. The van der Waals surface area contributed by atoms with Crippen LogP contribution in [0.15, 0.2) is 6.33 Å². The predicted octanol–water partition coefficient (Wildman–Crippen LogP) is 2.99. The molecular weight excluding hydrogens is 282 g/mol. The van der Waals surface area contributed by atoms with Crippen molar-refractivity contribution in [2.45, 2.75) is 39.0 Å². The first kappa shape index (κ1) is 13.2. The largest absolute Gasteiger partial charge is 0.355 e. The molecule has 1 saturated heterocycles. The third kappa shape index (κ3) is 2.24. The zero-order valence-electron chi connectivity index (χ0n) is 12.3. The smallest absolute Gasteiger partial charge is 0.141 e. The summed E-state index contributed by atoms with van der Waals surface area (Å²) in [5.74, 6) is 2.20. The lowest BCUT2D eigenvalue weighted by Gasteiger charge is -2.28. The number of aryl methyl sites for hydroxylation is 1. The number of aromatic nitrogens is 2. The number of rotatable bonds is 1. The zero-order chi connectivity index (χ0) is 14.4. The SMILES string of the molecule is CC1CCc2c(sc3ncnc(N4CCC(=O)CC4)c23)C1. The zero-order valence-corrected chi connectivity index (χ0v) is 13.1. The van der Waals surface area contributed by atoms with E-state index in [0.717, 1.165) is 36.1 Å². The highest BCUT2D eigenvalue weighted by atomic mass is 32.1. The van der Waals surface area contributed by atoms with E-state index in [-0.39, 0.29) is 0 Å². The maximum Gasteiger partial charge on any atom is 0.141 e. The summed E-state index contributed by atoms with van der Waals surface area (Å²) >= 11 is 1.84. The number of anilines is 1. The van der Waals surface area contributed by atoms with E-state index in [1.807, 2.05) is 11.3 Å². The average Bonchev–Trinajstić information content (AvgIpc) is 2.85. The van der Waals surface area contributed by atoms with Crippen LogP contribution in [-0.2, 0) is 17.6 Å². The fourth-order valence-electron chi connectivity index (χ4n) is 3.47. The van der Waals surface area contributed by atoms with Gasteiger partial charge in [0, 0.05) is 30.8 Å². The van der Waals surface area contributed by atoms with Gasteiger partial charge < -0.3 is 4.90 Å². The quantitative estimate of drug-likeness (QED) is 0.812. The van der Waals surface area contributed by atoms with Crippen LogP contribution in [0.4, 0.5) is 5.82 Å². The van der Waals surface area contributed by atoms with E-state index in [1.165, 1.54) is 28.7 Å². The van der Waals surface area contributed by atoms with Crippen LogP contribution in [0.1, 0.15) is 36.6 Å². The highest BCUT2D eigenvalue weighted by Crippen LogP contribution is 2.40. The molecule has 5 heteroatoms. The lowest BCUT2D eigenvalue weighted by molar-refractivity contribution is -0.119. The molecule has 1 atom stereocenters. The molecule has 0 saturated carbocycles. The first-order valence-corrected chi connectivity index (χ1v) is 8.56. The molecule has 0 radical (unpaired) electrons. The summed E-state index contributed by atoms with van der Waals surface area (Å²) in [7, 11) is 0. The van der Waals surface area contributed by atoms with E-state index in [9.17, 15) is 4.79 Å². The molecule has 0 spiro atoms. The Kier molecular flexibility index (Phi) is 3.17. The molecule has 110 valence electrons. The van der Waals surface area contributed by atoms with E-state index < -0.39 is 0 Å². The van der Waals surface area contributed by atoms with Crippen molar-refractivity contribution in [3.05, 3.63) is 16.8 Å². The normalized spacial score (nSPS) is 22.6. The van der Waals surface area contributed by atoms with Crippen molar-refractivity contribution in [1.29, 1.82) is 0 Å². The minimum Gasteiger partial charge on any atom is -0.355 e. The minimum absolute atomic E-state index is 0.373. The number of fused-ring (bicyclic) bond motifs is 3. The van der Waals surface area contributed by atoms with Gasteiger partial charge in [-0.2, -0.15) is 0 Å². The van der Waals surface area contributed by atoms with Crippen LogP contribution >= 0.6 is 11.3 Å². The molecule has 1 fully saturated rings. The van der Waals surface area contributed by atoms with Crippen molar-refractivity contribution in [1.82, 2.24) is 9.97 Å². The maximum absolute atomic E-state index is 11.5. The summed E-state index contributed by atoms with van der Waals surface area (Å²) in [5.41, 5.74) is 1.47. The Bertz CT molecular complexity index is 699. The summed E-state index contributed by atoms with van der Waals surface area (Å²) in [6.07, 6.45) is 6.55. The van der Waals surface area contributed by atoms with E-state index in [1.54, 1.807) is 6.33 Å². The Balaban J connectivity index is 1.80. The second-order valence-corrected chi connectivity index (χ2v) is 7.34. The monoisotopic (exact) mass is 301 g/mol. The van der Waals surface area contributed by atoms with Gasteiger partial charge in [0.2, 0.25) is 0 Å². The number of hydrogen-bond donors (Lipinski definition) is 0. The fraction of sp³-hybridized carbons (Fsp3) is 0.562. The summed E-state index contributed by atoms with van der Waals surface area (Å²) in [6, 6.07) is 0. The third-order valence-electron chi connectivity index (χ3n) is 4.69. The number of ketones is 1. The van der Waals surface area contributed by atoms with Crippen molar-refractivity contribution in [2.75, 3.05) is 18.0 Å². The number of piperidine rings is 1. The van der Waals surface area contributed by atoms with Gasteiger partial charge in [0.15, 0.2) is 0 Å². The molecule has 3 heterocycles. The molecule has 2 aromatic rings. The number of Topliss-reactive ketones (excluding diaryl/α,β-unsaturated/α-hetero) is 1. The molecule has 2 aliphatic rings. The molecule has 1 aliphatic heterocycles. The Morgan fingerprint density at radius 2 is 2.05 bits per heavy atom. The first-order chi connectivity index (χ1) is 10.2. The van der Waals surface area contributed by atoms with Gasteiger partial charge in [-0.15, -0.1) is 11.3 Å². The highest BCUT2D eigenvalue weighted by Gasteiger charge is 2.26. The van der Waals surface area contributed by atoms with Gasteiger partial charge >= 0.3 is 0 Å². The summed E-state index contributed by atoms with van der Waals surface area (Å²) in [5, 5.41) is 1.26. The van der Waals surface area contributed by atoms with Gasteiger partial charge in [-0.25, -0.2) is 9.97 Å². The van der Waals surface area contributed by atoms with E-state index in [0.29, 0.717) is 18.6 Å². The van der Waals surface area contributed by atoms with Gasteiger partial charge in [-0.1, -0.05) is 6.92 Å². The molecule has 4 nitrogen and oxygen atoms in total. The molecule has 1 aliphatic carbocycles. The lowest BCUT2D eigenvalue weighted by Crippen LogP contribution is -2.34. The molecule has 1 unspecified atom stereocenters. The predicted molar refractivity (Wildman–Crippen MR) is 85.1 cm³/mol. The molecule has 2 aromatic heterocycles. The molecule has 0 bridgehead atoms. The lowest BCUT2D eigenvalue weighted by atomic mass is 9.89. The number of carbonyl (C=O) groups is 1. The molecular formula is C16H19N3OS. The van der Waals surface area contributed by atoms with E-state index >= 15 is 0 Å². The topological polar surface area (TPSA) is 46.1 Å². The Morgan fingerprint density at radius 1 is 1.24 bits per heavy atom. The van der Waals surface area contributed by atoms with Crippen LogP contribution in [0.3, 0.4) is 0 Å². The minimum atomic E-state index is 0.373. The van der Waals surface area contributed by atoms with Crippen molar-refractivity contribution in [2.24, 2.45) is 5.92 Å². The second kappa shape index (κ2) is 5.05. The Hall–Kier alpha value is -1.49. The van der Waals surface area contributed by atoms with Crippen LogP contribution in [0.2, 0.25) is 0 Å². The first-order valence-electron chi connectivity index (χ1n) is 7.74. The van der Waals surface area contributed by atoms with Gasteiger partial charge in [0.25, 0.3) is 0 Å². The van der Waals surface area contributed by atoms with Crippen molar-refractivity contribution in [3.63, 3.8) is 0 Å². The Morgan fingerprint density at radius 3 is 2.86 bits per heavy atom. The summed E-state index contributed by atoms with van der Waals surface area (Å²) < 4.78 is 0. The second-order valence-electron chi connectivity index (χ2n) is 6.25. The van der Waals surface area contributed by atoms with E-state index in [4.69, 9.17) is 0 Å². The molecule has 0 amide bonds. The van der Waals surface area contributed by atoms with Crippen LogP contribution < -0.4 is 4.90 Å². The highest BCUT2D eigenvalue weighted by molar-refractivity contribution is 7.19. The summed E-state index contributed by atoms with van der Waals surface area (Å²) in [4.78, 5) is 25.4. The molecule has 0 aromatic carbocycles. The van der Waals surface area contributed by atoms with Crippen molar-refractivity contribution >= 4 is 33.2 Å². The number of hydrogen-bond acceptors (Lipinski definition) is 5. The van der Waals surface area contributed by atoms with Gasteiger partial charge in [-0.3, -0.25) is 4.79 Å². The van der Waals surface area contributed by atoms with Gasteiger partial charge in [-0.05, 0) is 30.7 Å². The van der Waals surface area contributed by atoms with Crippen molar-refractivity contribution < 1.29 is 4.79 Å². The standard InChI is InChI=1S/C16H19N3OS/c1-10-2-3-12-13(8-10)21-16-14(12)15(17-9-18-16)19-6-4-11(20)5-7-19/h9-10H,2-8H2,1H3. The summed E-state index contributed by atoms with van der Waals surface area (Å²) in [6.45, 7) is 3.92. The van der Waals surface area contributed by atoms with Crippen LogP contribution in [-0.4, -0.2) is 28.8 Å². The van der Waals surface area contributed by atoms with Gasteiger partial charge in [0.1, 0.15) is 22.8 Å². The molecule has 0 N–H and O–H groups in total. The number of thiophene rings is 1. The van der Waals surface area contributed by atoms with Crippen LogP contribution in [0.5, 0.6) is 0 Å². The fourth-order valence-corrected chi connectivity index (χ4v) is 4.81. The van der Waals surface area contributed by atoms with Crippen LogP contribution in [0.25, 0.3) is 10.2 Å². The number of nitrogens with zero attached hydrogens (tertiary/aromatic N) is 3. The molecule has 21 heavy (non-hydrogen) atoms. The van der Waals surface area contributed by atoms with E-state index in [2.05, 4.69) is 21.8 Å². The number of carbonyl (C=O) groups excluding carboxylic acids is 1. The maximum atomic E-state index is 11.5. The van der Waals surface area contributed by atoms with Crippen LogP contribution in [0, 0.1) is 5.92 Å². The van der Waals surface area contributed by atoms with Gasteiger partial charge in [0.05, 0.1) is 5.39 Å². The molecule has 4 rings (SSSR count).